The summed E-state index contributed by atoms with van der Waals surface area (Å²) in [5.41, 5.74) is 0.588. The molecule has 1 aromatic heterocycles. The van der Waals surface area contributed by atoms with E-state index in [2.05, 4.69) is 15.6 Å². The van der Waals surface area contributed by atoms with Crippen molar-refractivity contribution in [3.63, 3.8) is 0 Å². The number of alkyl halides is 3. The van der Waals surface area contributed by atoms with Gasteiger partial charge < -0.3 is 20.5 Å². The van der Waals surface area contributed by atoms with Crippen LogP contribution >= 0.6 is 0 Å². The van der Waals surface area contributed by atoms with Crippen molar-refractivity contribution in [3.8, 4) is 0 Å². The number of benzene rings is 2. The molecule has 0 aliphatic carbocycles. The van der Waals surface area contributed by atoms with Crippen LogP contribution in [0.5, 0.6) is 0 Å². The molecule has 0 unspecified atom stereocenters. The Morgan fingerprint density at radius 1 is 1.06 bits per heavy atom. The Labute approximate surface area is 186 Å². The number of nitrogens with zero attached hydrogens (tertiary/aromatic N) is 1. The van der Waals surface area contributed by atoms with Gasteiger partial charge in [0.1, 0.15) is 0 Å². The highest BCUT2D eigenvalue weighted by molar-refractivity contribution is 6.06. The summed E-state index contributed by atoms with van der Waals surface area (Å²) in [5.74, 6) is -1.77. The van der Waals surface area contributed by atoms with Crippen LogP contribution in [0, 0.1) is 5.92 Å². The second-order valence-electron chi connectivity index (χ2n) is 7.75. The number of aromatic amines is 1. The molecule has 0 spiro atoms. The molecule has 3 aromatic rings. The maximum Gasteiger partial charge on any atom is 0.416 e. The van der Waals surface area contributed by atoms with Gasteiger partial charge in [0.15, 0.2) is 0 Å². The summed E-state index contributed by atoms with van der Waals surface area (Å²) in [7, 11) is 0. The van der Waals surface area contributed by atoms with E-state index in [9.17, 15) is 27.6 Å². The summed E-state index contributed by atoms with van der Waals surface area (Å²) in [6.07, 6.45) is -3.00. The summed E-state index contributed by atoms with van der Waals surface area (Å²) in [6, 6.07) is 11.9. The molecule has 7 nitrogen and oxygen atoms in total. The minimum Gasteiger partial charge on any atom is -0.360 e. The second kappa shape index (κ2) is 8.97. The maximum absolute atomic E-state index is 13.0. The number of carbonyl (C=O) groups excluding carboxylic acids is 3. The summed E-state index contributed by atoms with van der Waals surface area (Å²) < 4.78 is 38.9. The molecule has 3 N–H and O–H groups in total. The van der Waals surface area contributed by atoms with Crippen LogP contribution in [0.15, 0.2) is 54.7 Å². The van der Waals surface area contributed by atoms with Crippen LogP contribution in [0.1, 0.15) is 22.3 Å². The molecule has 0 bridgehead atoms. The fourth-order valence-corrected chi connectivity index (χ4v) is 3.84. The number of amides is 3. The molecule has 33 heavy (non-hydrogen) atoms. The van der Waals surface area contributed by atoms with Crippen molar-refractivity contribution < 1.29 is 27.6 Å². The minimum atomic E-state index is -4.52. The van der Waals surface area contributed by atoms with Crippen molar-refractivity contribution in [2.45, 2.75) is 12.6 Å². The van der Waals surface area contributed by atoms with Gasteiger partial charge in [-0.3, -0.25) is 14.4 Å². The number of nitrogens with one attached hydrogen (secondary N) is 3. The van der Waals surface area contributed by atoms with E-state index in [1.165, 1.54) is 17.0 Å². The number of carbonyl (C=O) groups is 3. The molecule has 4 rings (SSSR count). The number of para-hydroxylation sites is 1. The van der Waals surface area contributed by atoms with Crippen LogP contribution in [0.4, 0.5) is 18.9 Å². The lowest BCUT2D eigenvalue weighted by molar-refractivity contribution is -0.137. The summed E-state index contributed by atoms with van der Waals surface area (Å²) in [6.45, 7) is 0.330. The number of aromatic nitrogens is 1. The van der Waals surface area contributed by atoms with Crippen LogP contribution in [0.25, 0.3) is 10.9 Å². The highest BCUT2D eigenvalue weighted by Crippen LogP contribution is 2.33. The first-order chi connectivity index (χ1) is 15.7. The monoisotopic (exact) mass is 458 g/mol. The third-order valence-electron chi connectivity index (χ3n) is 5.52. The molecule has 1 atom stereocenters. The Hall–Kier alpha value is -3.82. The van der Waals surface area contributed by atoms with Gasteiger partial charge >= 0.3 is 6.18 Å². The van der Waals surface area contributed by atoms with Crippen LogP contribution in [0.3, 0.4) is 0 Å². The van der Waals surface area contributed by atoms with Crippen molar-refractivity contribution in [1.29, 1.82) is 0 Å². The van der Waals surface area contributed by atoms with Gasteiger partial charge in [0.25, 0.3) is 5.91 Å². The molecule has 10 heteroatoms. The summed E-state index contributed by atoms with van der Waals surface area (Å²) in [5, 5.41) is 6.19. The first-order valence-electron chi connectivity index (χ1n) is 10.3. The zero-order chi connectivity index (χ0) is 23.6. The molecule has 172 valence electrons. The molecule has 3 amide bonds. The molecule has 1 fully saturated rings. The SMILES string of the molecule is O=C(NCCNC(=O)[C@H]1CC(=O)N(c2cccc(C(F)(F)F)c2)C1)c1c[nH]c2ccccc12. The Morgan fingerprint density at radius 3 is 2.61 bits per heavy atom. The highest BCUT2D eigenvalue weighted by Gasteiger charge is 2.36. The lowest BCUT2D eigenvalue weighted by Crippen LogP contribution is -2.38. The first-order valence-corrected chi connectivity index (χ1v) is 10.3. The van der Waals surface area contributed by atoms with Gasteiger partial charge in [0.05, 0.1) is 17.0 Å². The Kier molecular flexibility index (Phi) is 6.08. The van der Waals surface area contributed by atoms with Gasteiger partial charge in [0.2, 0.25) is 11.8 Å². The van der Waals surface area contributed by atoms with Gasteiger partial charge in [-0.2, -0.15) is 13.2 Å². The molecule has 0 saturated carbocycles. The topological polar surface area (TPSA) is 94.3 Å². The van der Waals surface area contributed by atoms with Gasteiger partial charge in [0, 0.05) is 48.8 Å². The van der Waals surface area contributed by atoms with E-state index < -0.39 is 23.6 Å². The van der Waals surface area contributed by atoms with Gasteiger partial charge in [-0.15, -0.1) is 0 Å². The number of halogens is 3. The zero-order valence-electron chi connectivity index (χ0n) is 17.4. The average Bonchev–Trinajstić information content (AvgIpc) is 3.40. The van der Waals surface area contributed by atoms with Crippen molar-refractivity contribution in [1.82, 2.24) is 15.6 Å². The zero-order valence-corrected chi connectivity index (χ0v) is 17.4. The third kappa shape index (κ3) is 4.84. The molecular weight excluding hydrogens is 437 g/mol. The summed E-state index contributed by atoms with van der Waals surface area (Å²) in [4.78, 5) is 41.4. The molecule has 1 saturated heterocycles. The average molecular weight is 458 g/mol. The van der Waals surface area contributed by atoms with Crippen molar-refractivity contribution in [3.05, 3.63) is 65.9 Å². The number of hydrogen-bond donors (Lipinski definition) is 3. The van der Waals surface area contributed by atoms with Gasteiger partial charge in [-0.1, -0.05) is 24.3 Å². The second-order valence-corrected chi connectivity index (χ2v) is 7.75. The van der Waals surface area contributed by atoms with Crippen molar-refractivity contribution in [2.75, 3.05) is 24.5 Å². The predicted octanol–water partition coefficient (Wildman–Crippen LogP) is 3.09. The number of anilines is 1. The molecule has 1 aliphatic rings. The fraction of sp³-hybridized carbons (Fsp3) is 0.261. The Morgan fingerprint density at radius 2 is 1.82 bits per heavy atom. The Bertz CT molecular complexity index is 1200. The Balaban J connectivity index is 1.28. The quantitative estimate of drug-likeness (QED) is 0.496. The van der Waals surface area contributed by atoms with Crippen molar-refractivity contribution >= 4 is 34.3 Å². The standard InChI is InChI=1S/C23H21F3N4O3/c24-23(25,26)15-4-3-5-16(11-15)30-13-14(10-20(30)31)21(32)27-8-9-28-22(33)18-12-29-19-7-2-1-6-17(18)19/h1-7,11-12,14,29H,8-10,13H2,(H,27,32)(H,28,33)/t14-/m0/s1. The van der Waals surface area contributed by atoms with Crippen LogP contribution < -0.4 is 15.5 Å². The van der Waals surface area contributed by atoms with E-state index in [1.54, 1.807) is 6.20 Å². The predicted molar refractivity (Wildman–Crippen MR) is 116 cm³/mol. The molecule has 2 heterocycles. The van der Waals surface area contributed by atoms with E-state index in [1.807, 2.05) is 24.3 Å². The molecular formula is C23H21F3N4O3. The third-order valence-corrected chi connectivity index (χ3v) is 5.52. The van der Waals surface area contributed by atoms with E-state index >= 15 is 0 Å². The lowest BCUT2D eigenvalue weighted by atomic mass is 10.1. The number of hydrogen-bond acceptors (Lipinski definition) is 3. The molecule has 2 aromatic carbocycles. The van der Waals surface area contributed by atoms with E-state index in [4.69, 9.17) is 0 Å². The largest absolute Gasteiger partial charge is 0.416 e. The normalized spacial score (nSPS) is 16.3. The van der Waals surface area contributed by atoms with Gasteiger partial charge in [-0.25, -0.2) is 0 Å². The van der Waals surface area contributed by atoms with Crippen LogP contribution in [0.2, 0.25) is 0 Å². The molecule has 1 aliphatic heterocycles. The van der Waals surface area contributed by atoms with Crippen molar-refractivity contribution in [2.24, 2.45) is 5.92 Å². The van der Waals surface area contributed by atoms with Crippen LogP contribution in [-0.2, 0) is 15.8 Å². The number of H-pyrrole nitrogens is 1. The molecule has 0 radical (unpaired) electrons. The van der Waals surface area contributed by atoms with Gasteiger partial charge in [-0.05, 0) is 24.3 Å². The smallest absolute Gasteiger partial charge is 0.360 e. The van der Waals surface area contributed by atoms with E-state index in [0.29, 0.717) is 5.56 Å². The maximum atomic E-state index is 13.0. The van der Waals surface area contributed by atoms with E-state index in [0.717, 1.165) is 23.0 Å². The summed E-state index contributed by atoms with van der Waals surface area (Å²) >= 11 is 0. The van der Waals surface area contributed by atoms with E-state index in [-0.39, 0.29) is 43.6 Å². The minimum absolute atomic E-state index is 0.00627. The fourth-order valence-electron chi connectivity index (χ4n) is 3.84. The first kappa shape index (κ1) is 22.4. The lowest BCUT2D eigenvalue weighted by Gasteiger charge is -2.18. The number of rotatable bonds is 6. The number of fused-ring (bicyclic) bond motifs is 1. The van der Waals surface area contributed by atoms with Crippen LogP contribution in [-0.4, -0.2) is 42.3 Å². The highest BCUT2D eigenvalue weighted by atomic mass is 19.4.